The number of ether oxygens (including phenoxy) is 1. The lowest BCUT2D eigenvalue weighted by molar-refractivity contribution is -0.115. The fourth-order valence-electron chi connectivity index (χ4n) is 2.16. The molecule has 0 unspecified atom stereocenters. The Morgan fingerprint density at radius 1 is 1.00 bits per heavy atom. The van der Waals surface area contributed by atoms with Gasteiger partial charge in [0.25, 0.3) is 0 Å². The van der Waals surface area contributed by atoms with Crippen molar-refractivity contribution in [1.29, 1.82) is 0 Å². The first-order chi connectivity index (χ1) is 11.7. The SMILES string of the molecule is O=C(Cc1ccc(Cl)nc1)Nc1cccc(Oc2ccccc2)c1. The summed E-state index contributed by atoms with van der Waals surface area (Å²) in [6.45, 7) is 0. The summed E-state index contributed by atoms with van der Waals surface area (Å²) >= 11 is 5.74. The largest absolute Gasteiger partial charge is 0.457 e. The second kappa shape index (κ2) is 7.62. The van der Waals surface area contributed by atoms with Gasteiger partial charge in [0.15, 0.2) is 0 Å². The molecular formula is C19H15ClN2O2. The molecule has 0 aliphatic heterocycles. The molecule has 120 valence electrons. The highest BCUT2D eigenvalue weighted by molar-refractivity contribution is 6.29. The molecule has 1 N–H and O–H groups in total. The molecule has 0 atom stereocenters. The number of pyridine rings is 1. The highest BCUT2D eigenvalue weighted by Crippen LogP contribution is 2.23. The maximum absolute atomic E-state index is 12.1. The molecule has 0 fully saturated rings. The predicted molar refractivity (Wildman–Crippen MR) is 94.5 cm³/mol. The van der Waals surface area contributed by atoms with E-state index in [1.54, 1.807) is 24.4 Å². The molecule has 0 spiro atoms. The fraction of sp³-hybridized carbons (Fsp3) is 0.0526. The number of nitrogens with one attached hydrogen (secondary N) is 1. The Balaban J connectivity index is 1.63. The van der Waals surface area contributed by atoms with Gasteiger partial charge in [0.05, 0.1) is 6.42 Å². The Hall–Kier alpha value is -2.85. The number of nitrogens with zero attached hydrogens (tertiary/aromatic N) is 1. The Morgan fingerprint density at radius 2 is 1.79 bits per heavy atom. The van der Waals surface area contributed by atoms with Crippen molar-refractivity contribution in [2.45, 2.75) is 6.42 Å². The van der Waals surface area contributed by atoms with Crippen LogP contribution in [-0.2, 0) is 11.2 Å². The molecule has 0 radical (unpaired) electrons. The first-order valence-electron chi connectivity index (χ1n) is 7.42. The van der Waals surface area contributed by atoms with Crippen LogP contribution in [0.4, 0.5) is 5.69 Å². The number of amides is 1. The maximum atomic E-state index is 12.1. The molecule has 3 aromatic rings. The van der Waals surface area contributed by atoms with Gasteiger partial charge in [-0.3, -0.25) is 4.79 Å². The van der Waals surface area contributed by atoms with Crippen molar-refractivity contribution >= 4 is 23.2 Å². The van der Waals surface area contributed by atoms with Gasteiger partial charge in [-0.25, -0.2) is 4.98 Å². The van der Waals surface area contributed by atoms with Gasteiger partial charge in [0, 0.05) is 18.0 Å². The molecule has 0 bridgehead atoms. The summed E-state index contributed by atoms with van der Waals surface area (Å²) in [5, 5.41) is 3.26. The van der Waals surface area contributed by atoms with Gasteiger partial charge < -0.3 is 10.1 Å². The van der Waals surface area contributed by atoms with Crippen molar-refractivity contribution in [3.8, 4) is 11.5 Å². The molecule has 2 aromatic carbocycles. The maximum Gasteiger partial charge on any atom is 0.228 e. The van der Waals surface area contributed by atoms with Gasteiger partial charge >= 0.3 is 0 Å². The molecule has 0 saturated carbocycles. The number of hydrogen-bond acceptors (Lipinski definition) is 3. The second-order valence-electron chi connectivity index (χ2n) is 5.16. The standard InChI is InChI=1S/C19H15ClN2O2/c20-18-10-9-14(13-21-18)11-19(23)22-15-5-4-8-17(12-15)24-16-6-2-1-3-7-16/h1-10,12-13H,11H2,(H,22,23). The van der Waals surface area contributed by atoms with Gasteiger partial charge in [-0.15, -0.1) is 0 Å². The van der Waals surface area contributed by atoms with Crippen molar-refractivity contribution in [1.82, 2.24) is 4.98 Å². The van der Waals surface area contributed by atoms with E-state index in [9.17, 15) is 4.79 Å². The number of rotatable bonds is 5. The van der Waals surface area contributed by atoms with E-state index in [0.717, 1.165) is 11.3 Å². The summed E-state index contributed by atoms with van der Waals surface area (Å²) in [6, 6.07) is 20.2. The minimum atomic E-state index is -0.129. The van der Waals surface area contributed by atoms with E-state index in [1.807, 2.05) is 48.5 Å². The number of carbonyl (C=O) groups is 1. The first-order valence-corrected chi connectivity index (χ1v) is 7.80. The van der Waals surface area contributed by atoms with Crippen LogP contribution in [0.2, 0.25) is 5.15 Å². The van der Waals surface area contributed by atoms with Crippen LogP contribution in [0.15, 0.2) is 72.9 Å². The molecule has 1 amide bonds. The van der Waals surface area contributed by atoms with Gasteiger partial charge in [0.1, 0.15) is 16.7 Å². The lowest BCUT2D eigenvalue weighted by Crippen LogP contribution is -2.14. The Morgan fingerprint density at radius 3 is 2.54 bits per heavy atom. The minimum Gasteiger partial charge on any atom is -0.457 e. The third kappa shape index (κ3) is 4.57. The van der Waals surface area contributed by atoms with Crippen LogP contribution >= 0.6 is 11.6 Å². The third-order valence-corrected chi connectivity index (χ3v) is 3.47. The van der Waals surface area contributed by atoms with Crippen LogP contribution in [0, 0.1) is 0 Å². The zero-order valence-electron chi connectivity index (χ0n) is 12.8. The van der Waals surface area contributed by atoms with Crippen molar-refractivity contribution < 1.29 is 9.53 Å². The molecule has 1 aromatic heterocycles. The summed E-state index contributed by atoms with van der Waals surface area (Å²) in [6.07, 6.45) is 1.82. The quantitative estimate of drug-likeness (QED) is 0.685. The third-order valence-electron chi connectivity index (χ3n) is 3.25. The van der Waals surface area contributed by atoms with Crippen LogP contribution < -0.4 is 10.1 Å². The van der Waals surface area contributed by atoms with Crippen LogP contribution in [0.1, 0.15) is 5.56 Å². The molecule has 1 heterocycles. The predicted octanol–water partition coefficient (Wildman–Crippen LogP) is 4.71. The smallest absolute Gasteiger partial charge is 0.228 e. The van der Waals surface area contributed by atoms with Crippen molar-refractivity contribution in [2.24, 2.45) is 0 Å². The molecule has 0 saturated heterocycles. The van der Waals surface area contributed by atoms with E-state index in [-0.39, 0.29) is 12.3 Å². The van der Waals surface area contributed by atoms with Gasteiger partial charge in [0.2, 0.25) is 5.91 Å². The minimum absolute atomic E-state index is 0.129. The van der Waals surface area contributed by atoms with Crippen LogP contribution in [0.5, 0.6) is 11.5 Å². The van der Waals surface area contributed by atoms with Crippen molar-refractivity contribution in [2.75, 3.05) is 5.32 Å². The lowest BCUT2D eigenvalue weighted by atomic mass is 10.2. The number of aromatic nitrogens is 1. The second-order valence-corrected chi connectivity index (χ2v) is 5.54. The molecule has 0 aliphatic carbocycles. The monoisotopic (exact) mass is 338 g/mol. The van der Waals surface area contributed by atoms with E-state index in [0.29, 0.717) is 16.6 Å². The number of anilines is 1. The van der Waals surface area contributed by atoms with Crippen LogP contribution in [-0.4, -0.2) is 10.9 Å². The number of benzene rings is 2. The first kappa shape index (κ1) is 16.0. The summed E-state index contributed by atoms with van der Waals surface area (Å²) in [7, 11) is 0. The topological polar surface area (TPSA) is 51.2 Å². The Bertz CT molecular complexity index is 820. The molecule has 3 rings (SSSR count). The summed E-state index contributed by atoms with van der Waals surface area (Å²) in [5.41, 5.74) is 1.48. The summed E-state index contributed by atoms with van der Waals surface area (Å²) in [4.78, 5) is 16.1. The normalized spacial score (nSPS) is 10.2. The van der Waals surface area contributed by atoms with E-state index in [1.165, 1.54) is 0 Å². The van der Waals surface area contributed by atoms with Gasteiger partial charge in [-0.2, -0.15) is 0 Å². The highest BCUT2D eigenvalue weighted by Gasteiger charge is 2.06. The lowest BCUT2D eigenvalue weighted by Gasteiger charge is -2.09. The zero-order valence-corrected chi connectivity index (χ0v) is 13.5. The zero-order chi connectivity index (χ0) is 16.8. The van der Waals surface area contributed by atoms with E-state index >= 15 is 0 Å². The highest BCUT2D eigenvalue weighted by atomic mass is 35.5. The van der Waals surface area contributed by atoms with E-state index in [2.05, 4.69) is 10.3 Å². The van der Waals surface area contributed by atoms with Crippen LogP contribution in [0.3, 0.4) is 0 Å². The Kier molecular flexibility index (Phi) is 5.08. The Labute approximate surface area is 145 Å². The number of hydrogen-bond donors (Lipinski definition) is 1. The van der Waals surface area contributed by atoms with Gasteiger partial charge in [-0.05, 0) is 35.9 Å². The molecule has 24 heavy (non-hydrogen) atoms. The summed E-state index contributed by atoms with van der Waals surface area (Å²) < 4.78 is 5.76. The van der Waals surface area contributed by atoms with Crippen molar-refractivity contribution in [3.63, 3.8) is 0 Å². The molecule has 4 nitrogen and oxygen atoms in total. The number of carbonyl (C=O) groups excluding carboxylic acids is 1. The van der Waals surface area contributed by atoms with E-state index < -0.39 is 0 Å². The average molecular weight is 339 g/mol. The van der Waals surface area contributed by atoms with Crippen molar-refractivity contribution in [3.05, 3.63) is 83.6 Å². The number of halogens is 1. The molecular weight excluding hydrogens is 324 g/mol. The average Bonchev–Trinajstić information content (AvgIpc) is 2.58. The van der Waals surface area contributed by atoms with Crippen LogP contribution in [0.25, 0.3) is 0 Å². The number of para-hydroxylation sites is 1. The van der Waals surface area contributed by atoms with E-state index in [4.69, 9.17) is 16.3 Å². The summed E-state index contributed by atoms with van der Waals surface area (Å²) in [5.74, 6) is 1.27. The fourth-order valence-corrected chi connectivity index (χ4v) is 2.28. The molecule has 5 heteroatoms. The van der Waals surface area contributed by atoms with Gasteiger partial charge in [-0.1, -0.05) is 41.9 Å². The molecule has 0 aliphatic rings.